The minimum absolute atomic E-state index is 0.255. The van der Waals surface area contributed by atoms with Crippen LogP contribution in [-0.4, -0.2) is 15.0 Å². The first-order valence-corrected chi connectivity index (χ1v) is 4.68. The molecule has 1 aliphatic carbocycles. The quantitative estimate of drug-likeness (QED) is 0.717. The zero-order chi connectivity index (χ0) is 11.4. The number of aromatic nitrogens is 3. The fourth-order valence-electron chi connectivity index (χ4n) is 1.25. The van der Waals surface area contributed by atoms with E-state index in [1.807, 2.05) is 23.2 Å². The molecule has 5 nitrogen and oxygen atoms in total. The number of hydrogen-bond acceptors (Lipinski definition) is 3. The second-order valence-electron chi connectivity index (χ2n) is 3.10. The van der Waals surface area contributed by atoms with E-state index in [2.05, 4.69) is 9.97 Å². The fraction of sp³-hybridized carbons (Fsp3) is 0. The lowest BCUT2D eigenvalue weighted by Crippen LogP contribution is -2.26. The molecule has 2 N–H and O–H groups in total. The van der Waals surface area contributed by atoms with E-state index in [0.29, 0.717) is 5.57 Å². The van der Waals surface area contributed by atoms with E-state index in [1.54, 1.807) is 24.3 Å². The highest BCUT2D eigenvalue weighted by atomic mass is 16.2. The van der Waals surface area contributed by atoms with Crippen molar-refractivity contribution in [2.75, 3.05) is 0 Å². The van der Waals surface area contributed by atoms with E-state index in [-0.39, 0.29) is 5.82 Å². The van der Waals surface area contributed by atoms with Gasteiger partial charge in [0, 0.05) is 5.57 Å². The Morgan fingerprint density at radius 3 is 2.50 bits per heavy atom. The summed E-state index contributed by atoms with van der Waals surface area (Å²) in [5.41, 5.74) is -0.552. The highest BCUT2D eigenvalue weighted by Gasteiger charge is 2.01. The van der Waals surface area contributed by atoms with Crippen LogP contribution in [0.4, 0.5) is 0 Å². The van der Waals surface area contributed by atoms with Gasteiger partial charge in [-0.05, 0) is 0 Å². The maximum absolute atomic E-state index is 11.1. The van der Waals surface area contributed by atoms with Crippen molar-refractivity contribution in [3.05, 3.63) is 69.3 Å². The molecule has 1 aliphatic rings. The number of nitrogens with one attached hydrogen (secondary N) is 2. The summed E-state index contributed by atoms with van der Waals surface area (Å²) in [6, 6.07) is 0. The zero-order valence-electron chi connectivity index (χ0n) is 8.31. The lowest BCUT2D eigenvalue weighted by Gasteiger charge is -1.99. The highest BCUT2D eigenvalue weighted by Crippen LogP contribution is 2.10. The summed E-state index contributed by atoms with van der Waals surface area (Å²) >= 11 is 0. The Bertz CT molecular complexity index is 586. The van der Waals surface area contributed by atoms with E-state index < -0.39 is 11.4 Å². The predicted octanol–water partition coefficient (Wildman–Crippen LogP) is 0.524. The third kappa shape index (κ3) is 2.33. The molecule has 0 unspecified atom stereocenters. The van der Waals surface area contributed by atoms with Crippen molar-refractivity contribution in [3.8, 4) is 0 Å². The van der Waals surface area contributed by atoms with Gasteiger partial charge in [0.2, 0.25) is 0 Å². The minimum atomic E-state index is -0.658. The van der Waals surface area contributed by atoms with Gasteiger partial charge in [-0.25, -0.2) is 9.59 Å². The monoisotopic (exact) mass is 215 g/mol. The van der Waals surface area contributed by atoms with Crippen LogP contribution in [0.2, 0.25) is 0 Å². The molecule has 1 heterocycles. The summed E-state index contributed by atoms with van der Waals surface area (Å²) in [6.45, 7) is 0. The Balaban J connectivity index is 2.51. The van der Waals surface area contributed by atoms with Crippen LogP contribution >= 0.6 is 0 Å². The molecule has 0 saturated carbocycles. The Hall–Kier alpha value is -2.43. The molecule has 0 radical (unpaired) electrons. The summed E-state index contributed by atoms with van der Waals surface area (Å²) in [5.74, 6) is 0.255. The van der Waals surface area contributed by atoms with E-state index in [9.17, 15) is 9.59 Å². The van der Waals surface area contributed by atoms with E-state index in [1.165, 1.54) is 0 Å². The van der Waals surface area contributed by atoms with Crippen LogP contribution in [0, 0.1) is 0 Å². The van der Waals surface area contributed by atoms with E-state index in [0.717, 1.165) is 0 Å². The first-order chi connectivity index (χ1) is 7.75. The lowest BCUT2D eigenvalue weighted by atomic mass is 10.2. The molecule has 1 aromatic heterocycles. The van der Waals surface area contributed by atoms with Crippen molar-refractivity contribution in [3.63, 3.8) is 0 Å². The van der Waals surface area contributed by atoms with Crippen molar-refractivity contribution in [2.24, 2.45) is 0 Å². The lowest BCUT2D eigenvalue weighted by molar-refractivity contribution is 0.914. The Kier molecular flexibility index (Phi) is 2.77. The van der Waals surface area contributed by atoms with Gasteiger partial charge in [0.1, 0.15) is 5.82 Å². The van der Waals surface area contributed by atoms with Crippen molar-refractivity contribution in [1.82, 2.24) is 15.0 Å². The summed E-state index contributed by atoms with van der Waals surface area (Å²) in [6.07, 6.45) is 12.7. The summed E-state index contributed by atoms with van der Waals surface area (Å²) in [5, 5.41) is 0. The smallest absolute Gasteiger partial charge is 0.291 e. The van der Waals surface area contributed by atoms with Gasteiger partial charge in [-0.3, -0.25) is 9.97 Å². The molecule has 0 aromatic carbocycles. The van der Waals surface area contributed by atoms with Crippen molar-refractivity contribution < 1.29 is 0 Å². The van der Waals surface area contributed by atoms with Gasteiger partial charge >= 0.3 is 11.4 Å². The Morgan fingerprint density at radius 1 is 0.938 bits per heavy atom. The second-order valence-corrected chi connectivity index (χ2v) is 3.10. The average molecular weight is 215 g/mol. The molecule has 0 atom stereocenters. The molecule has 80 valence electrons. The first-order valence-electron chi connectivity index (χ1n) is 4.68. The molecule has 2 rings (SSSR count). The van der Waals surface area contributed by atoms with Crippen LogP contribution in [0.3, 0.4) is 0 Å². The molecular weight excluding hydrogens is 206 g/mol. The Labute approximate surface area is 90.6 Å². The summed E-state index contributed by atoms with van der Waals surface area (Å²) in [4.78, 5) is 30.3. The standard InChI is InChI=1S/C11H9N3O2/c15-10-12-9(13-11(16)14-10)8-6-4-2-1-3-5-7-8/h1-7H,(H2,12,13,14,15,16)/b2-1-,3-1?,4-2?,5-3-,6-4-,7-5?,8-6?,8-7+. The van der Waals surface area contributed by atoms with Gasteiger partial charge in [0.15, 0.2) is 0 Å². The molecule has 16 heavy (non-hydrogen) atoms. The van der Waals surface area contributed by atoms with Crippen molar-refractivity contribution >= 4 is 5.57 Å². The normalized spacial score (nSPS) is 23.6. The third-order valence-electron chi connectivity index (χ3n) is 1.94. The molecule has 0 amide bonds. The predicted molar refractivity (Wildman–Crippen MR) is 60.9 cm³/mol. The summed E-state index contributed by atoms with van der Waals surface area (Å²) in [7, 11) is 0. The second kappa shape index (κ2) is 4.39. The van der Waals surface area contributed by atoms with E-state index >= 15 is 0 Å². The van der Waals surface area contributed by atoms with Gasteiger partial charge in [-0.1, -0.05) is 42.5 Å². The van der Waals surface area contributed by atoms with Gasteiger partial charge in [-0.2, -0.15) is 4.98 Å². The van der Waals surface area contributed by atoms with Gasteiger partial charge < -0.3 is 0 Å². The van der Waals surface area contributed by atoms with Crippen LogP contribution in [0.1, 0.15) is 5.82 Å². The van der Waals surface area contributed by atoms with Crippen molar-refractivity contribution in [1.29, 1.82) is 0 Å². The Morgan fingerprint density at radius 2 is 1.69 bits per heavy atom. The number of hydrogen-bond donors (Lipinski definition) is 2. The topological polar surface area (TPSA) is 78.6 Å². The SMILES string of the molecule is O=c1nc(C2=C/C=C\C=C/C=C\2)[nH]c(=O)[nH]1. The first kappa shape index (κ1) is 10.1. The third-order valence-corrected chi connectivity index (χ3v) is 1.94. The van der Waals surface area contributed by atoms with Gasteiger partial charge in [0.05, 0.1) is 0 Å². The number of H-pyrrole nitrogens is 2. The molecule has 1 aromatic rings. The number of nitrogens with zero attached hydrogens (tertiary/aromatic N) is 1. The minimum Gasteiger partial charge on any atom is -0.291 e. The van der Waals surface area contributed by atoms with Crippen molar-refractivity contribution in [2.45, 2.75) is 0 Å². The molecule has 0 spiro atoms. The molecule has 0 saturated heterocycles. The molecular formula is C11H9N3O2. The molecule has 0 bridgehead atoms. The van der Waals surface area contributed by atoms with Crippen LogP contribution in [0.25, 0.3) is 5.57 Å². The van der Waals surface area contributed by atoms with Crippen LogP contribution in [0.15, 0.2) is 52.1 Å². The van der Waals surface area contributed by atoms with E-state index in [4.69, 9.17) is 0 Å². The largest absolute Gasteiger partial charge is 0.351 e. The molecule has 5 heteroatoms. The fourth-order valence-corrected chi connectivity index (χ4v) is 1.25. The summed E-state index contributed by atoms with van der Waals surface area (Å²) < 4.78 is 0. The number of rotatable bonds is 1. The maximum Gasteiger partial charge on any atom is 0.351 e. The number of aromatic amines is 2. The van der Waals surface area contributed by atoms with Crippen LogP contribution in [0.5, 0.6) is 0 Å². The zero-order valence-corrected chi connectivity index (χ0v) is 8.31. The highest BCUT2D eigenvalue weighted by molar-refractivity contribution is 5.71. The van der Waals surface area contributed by atoms with Gasteiger partial charge in [-0.15, -0.1) is 0 Å². The van der Waals surface area contributed by atoms with Crippen LogP contribution < -0.4 is 11.4 Å². The maximum atomic E-state index is 11.1. The van der Waals surface area contributed by atoms with Gasteiger partial charge in [0.25, 0.3) is 0 Å². The number of allylic oxidation sites excluding steroid dienone is 8. The molecule has 0 aliphatic heterocycles. The van der Waals surface area contributed by atoms with Crippen LogP contribution in [-0.2, 0) is 0 Å². The average Bonchev–Trinajstić information content (AvgIpc) is 2.14. The molecule has 0 fully saturated rings.